The van der Waals surface area contributed by atoms with Crippen molar-refractivity contribution in [3.8, 4) is 5.75 Å². The second kappa shape index (κ2) is 9.63. The number of hydrogen-bond donors (Lipinski definition) is 1. The number of nitrogens with one attached hydrogen (secondary N) is 1. The lowest BCUT2D eigenvalue weighted by atomic mass is 9.96. The first-order valence-electron chi connectivity index (χ1n) is 9.98. The molecule has 0 unspecified atom stereocenters. The van der Waals surface area contributed by atoms with Gasteiger partial charge in [0.05, 0.1) is 7.11 Å². The van der Waals surface area contributed by atoms with Gasteiger partial charge in [0.25, 0.3) is 0 Å². The van der Waals surface area contributed by atoms with Gasteiger partial charge in [-0.15, -0.1) is 10.2 Å². The summed E-state index contributed by atoms with van der Waals surface area (Å²) in [6.45, 7) is 1.58. The molecule has 0 spiro atoms. The highest BCUT2D eigenvalue weighted by atomic mass is 32.2. The number of carbonyl (C=O) groups excluding carboxylic acids is 1. The van der Waals surface area contributed by atoms with Crippen LogP contribution in [-0.4, -0.2) is 36.3 Å². The fourth-order valence-electron chi connectivity index (χ4n) is 3.46. The van der Waals surface area contributed by atoms with Gasteiger partial charge in [0.15, 0.2) is 5.82 Å². The predicted octanol–water partition coefficient (Wildman–Crippen LogP) is 4.49. The van der Waals surface area contributed by atoms with Gasteiger partial charge < -0.3 is 15.0 Å². The summed E-state index contributed by atoms with van der Waals surface area (Å²) in [6.07, 6.45) is 1.58. The minimum absolute atomic E-state index is 0.00619. The molecule has 0 aliphatic carbocycles. The third-order valence-electron chi connectivity index (χ3n) is 5.12. The Kier molecular flexibility index (Phi) is 6.49. The predicted molar refractivity (Wildman–Crippen MR) is 119 cm³/mol. The van der Waals surface area contributed by atoms with E-state index in [2.05, 4.69) is 32.5 Å². The molecule has 30 heavy (non-hydrogen) atoms. The molecule has 7 heteroatoms. The fraction of sp³-hybridized carbons (Fsp3) is 0.261. The van der Waals surface area contributed by atoms with E-state index in [0.29, 0.717) is 0 Å². The molecule has 1 N–H and O–H groups in total. The largest absolute Gasteiger partial charge is 0.497 e. The summed E-state index contributed by atoms with van der Waals surface area (Å²) in [6, 6.07) is 21.6. The van der Waals surface area contributed by atoms with Crippen LogP contribution in [0.4, 0.5) is 11.5 Å². The van der Waals surface area contributed by atoms with Gasteiger partial charge >= 0.3 is 0 Å². The van der Waals surface area contributed by atoms with Crippen molar-refractivity contribution in [3.05, 3.63) is 66.7 Å². The topological polar surface area (TPSA) is 67.3 Å². The highest BCUT2D eigenvalue weighted by Crippen LogP contribution is 2.27. The molecule has 2 heterocycles. The molecule has 0 atom stereocenters. The van der Waals surface area contributed by atoms with Crippen molar-refractivity contribution in [2.45, 2.75) is 22.8 Å². The lowest BCUT2D eigenvalue weighted by Crippen LogP contribution is -2.38. The Morgan fingerprint density at radius 1 is 1.03 bits per heavy atom. The van der Waals surface area contributed by atoms with Crippen molar-refractivity contribution >= 4 is 29.2 Å². The molecule has 4 rings (SSSR count). The van der Waals surface area contributed by atoms with Crippen molar-refractivity contribution in [1.82, 2.24) is 10.2 Å². The molecule has 1 saturated heterocycles. The molecule has 2 aromatic carbocycles. The number of benzene rings is 2. The minimum Gasteiger partial charge on any atom is -0.497 e. The van der Waals surface area contributed by atoms with Gasteiger partial charge in [-0.3, -0.25) is 4.79 Å². The number of anilines is 2. The standard InChI is InChI=1S/C23H24N4O2S/c1-29-19-7-5-6-18(16-19)24-23(28)17-12-14-27(15-13-17)21-10-11-22(26-25-21)30-20-8-3-2-4-9-20/h2-11,16-17H,12-15H2,1H3,(H,24,28). The number of nitrogens with zero attached hydrogens (tertiary/aromatic N) is 3. The first kappa shape index (κ1) is 20.2. The minimum atomic E-state index is -0.00619. The number of ether oxygens (including phenoxy) is 1. The Balaban J connectivity index is 1.30. The Hall–Kier alpha value is -3.06. The Morgan fingerprint density at radius 2 is 1.83 bits per heavy atom. The molecule has 154 valence electrons. The molecule has 3 aromatic rings. The lowest BCUT2D eigenvalue weighted by molar-refractivity contribution is -0.120. The summed E-state index contributed by atoms with van der Waals surface area (Å²) >= 11 is 1.60. The van der Waals surface area contributed by atoms with Crippen LogP contribution in [0.25, 0.3) is 0 Å². The van der Waals surface area contributed by atoms with E-state index in [9.17, 15) is 4.79 Å². The summed E-state index contributed by atoms with van der Waals surface area (Å²) in [5.41, 5.74) is 0.763. The molecule has 0 bridgehead atoms. The highest BCUT2D eigenvalue weighted by Gasteiger charge is 2.26. The normalized spacial score (nSPS) is 14.4. The zero-order chi connectivity index (χ0) is 20.8. The van der Waals surface area contributed by atoms with E-state index in [0.717, 1.165) is 53.1 Å². The lowest BCUT2D eigenvalue weighted by Gasteiger charge is -2.31. The molecule has 1 aliphatic heterocycles. The maximum Gasteiger partial charge on any atom is 0.227 e. The maximum atomic E-state index is 12.6. The average molecular weight is 421 g/mol. The molecule has 0 radical (unpaired) electrons. The maximum absolute atomic E-state index is 12.6. The van der Waals surface area contributed by atoms with Crippen LogP contribution in [0.1, 0.15) is 12.8 Å². The summed E-state index contributed by atoms with van der Waals surface area (Å²) in [5, 5.41) is 12.6. The fourth-order valence-corrected chi connectivity index (χ4v) is 4.21. The smallest absolute Gasteiger partial charge is 0.227 e. The molecule has 6 nitrogen and oxygen atoms in total. The quantitative estimate of drug-likeness (QED) is 0.634. The third kappa shape index (κ3) is 5.10. The van der Waals surface area contributed by atoms with E-state index in [1.54, 1.807) is 18.9 Å². The zero-order valence-corrected chi connectivity index (χ0v) is 17.6. The van der Waals surface area contributed by atoms with E-state index in [4.69, 9.17) is 4.74 Å². The van der Waals surface area contributed by atoms with Crippen molar-refractivity contribution in [1.29, 1.82) is 0 Å². The van der Waals surface area contributed by atoms with Crippen LogP contribution >= 0.6 is 11.8 Å². The number of rotatable bonds is 6. The number of carbonyl (C=O) groups is 1. The monoisotopic (exact) mass is 420 g/mol. The third-order valence-corrected chi connectivity index (χ3v) is 6.05. The van der Waals surface area contributed by atoms with Gasteiger partial charge in [-0.1, -0.05) is 36.0 Å². The summed E-state index contributed by atoms with van der Waals surface area (Å²) in [4.78, 5) is 16.0. The van der Waals surface area contributed by atoms with Gasteiger partial charge in [0, 0.05) is 35.7 Å². The number of piperidine rings is 1. The molecule has 1 aliphatic rings. The van der Waals surface area contributed by atoms with Crippen molar-refractivity contribution in [3.63, 3.8) is 0 Å². The summed E-state index contributed by atoms with van der Waals surface area (Å²) in [7, 11) is 1.62. The van der Waals surface area contributed by atoms with Crippen molar-refractivity contribution in [2.75, 3.05) is 30.4 Å². The van der Waals surface area contributed by atoms with Crippen LogP contribution in [0, 0.1) is 5.92 Å². The number of amides is 1. The Bertz CT molecular complexity index is 974. The molecule has 1 amide bonds. The van der Waals surface area contributed by atoms with Gasteiger partial charge in [-0.25, -0.2) is 0 Å². The zero-order valence-electron chi connectivity index (χ0n) is 16.8. The molecule has 1 fully saturated rings. The van der Waals surface area contributed by atoms with Gasteiger partial charge in [0.2, 0.25) is 5.91 Å². The first-order valence-corrected chi connectivity index (χ1v) is 10.8. The number of hydrogen-bond acceptors (Lipinski definition) is 6. The van der Waals surface area contributed by atoms with Gasteiger partial charge in [-0.2, -0.15) is 0 Å². The number of methoxy groups -OCH3 is 1. The van der Waals surface area contributed by atoms with Gasteiger partial charge in [-0.05, 0) is 49.2 Å². The molecular formula is C23H24N4O2S. The van der Waals surface area contributed by atoms with Crippen LogP contribution < -0.4 is 15.0 Å². The van der Waals surface area contributed by atoms with Crippen LogP contribution in [0.3, 0.4) is 0 Å². The van der Waals surface area contributed by atoms with E-state index in [-0.39, 0.29) is 11.8 Å². The van der Waals surface area contributed by atoms with Crippen LogP contribution in [0.2, 0.25) is 0 Å². The van der Waals surface area contributed by atoms with Crippen LogP contribution in [0.15, 0.2) is 76.7 Å². The van der Waals surface area contributed by atoms with Crippen LogP contribution in [-0.2, 0) is 4.79 Å². The van der Waals surface area contributed by atoms with Crippen molar-refractivity contribution < 1.29 is 9.53 Å². The Labute approximate surface area is 180 Å². The van der Waals surface area contributed by atoms with E-state index < -0.39 is 0 Å². The second-order valence-electron chi connectivity index (χ2n) is 7.13. The molecule has 0 saturated carbocycles. The van der Waals surface area contributed by atoms with E-state index >= 15 is 0 Å². The SMILES string of the molecule is COc1cccc(NC(=O)C2CCN(c3ccc(Sc4ccccc4)nn3)CC2)c1. The van der Waals surface area contributed by atoms with E-state index in [1.165, 1.54) is 0 Å². The average Bonchev–Trinajstić information content (AvgIpc) is 2.80. The summed E-state index contributed by atoms with van der Waals surface area (Å²) < 4.78 is 5.21. The first-order chi connectivity index (χ1) is 14.7. The summed E-state index contributed by atoms with van der Waals surface area (Å²) in [5.74, 6) is 1.64. The second-order valence-corrected chi connectivity index (χ2v) is 8.22. The highest BCUT2D eigenvalue weighted by molar-refractivity contribution is 7.99. The van der Waals surface area contributed by atoms with E-state index in [1.807, 2.05) is 54.6 Å². The molecular weight excluding hydrogens is 396 g/mol. The van der Waals surface area contributed by atoms with Crippen molar-refractivity contribution in [2.24, 2.45) is 5.92 Å². The molecule has 1 aromatic heterocycles. The Morgan fingerprint density at radius 3 is 2.53 bits per heavy atom. The number of aromatic nitrogens is 2. The van der Waals surface area contributed by atoms with Gasteiger partial charge in [0.1, 0.15) is 10.8 Å². The van der Waals surface area contributed by atoms with Crippen LogP contribution in [0.5, 0.6) is 5.75 Å².